The predicted octanol–water partition coefficient (Wildman–Crippen LogP) is 3.14. The second kappa shape index (κ2) is 7.44. The molecule has 25 heavy (non-hydrogen) atoms. The van der Waals surface area contributed by atoms with Crippen LogP contribution in [0.25, 0.3) is 0 Å². The van der Waals surface area contributed by atoms with E-state index in [2.05, 4.69) is 0 Å². The first-order valence-electron chi connectivity index (χ1n) is 7.84. The van der Waals surface area contributed by atoms with Crippen molar-refractivity contribution in [2.45, 2.75) is 12.5 Å². The lowest BCUT2D eigenvalue weighted by molar-refractivity contribution is 0.0243. The standard InChI is InChI=1S/C19H20O6/c1-21-11-24-17-9-12(7-8-14(17)22-2)16-10-13-5-4-6-15(23-3)18(13)19(20)25-16/h4-9,16H,10-11H2,1-3H3/t16-/m1/s1. The third kappa shape index (κ3) is 3.39. The number of hydrogen-bond donors (Lipinski definition) is 0. The maximum Gasteiger partial charge on any atom is 0.342 e. The first-order chi connectivity index (χ1) is 12.2. The third-order valence-electron chi connectivity index (χ3n) is 4.08. The molecule has 0 N–H and O–H groups in total. The number of hydrogen-bond acceptors (Lipinski definition) is 6. The van der Waals surface area contributed by atoms with Crippen molar-refractivity contribution >= 4 is 5.97 Å². The molecule has 6 heteroatoms. The number of carbonyl (C=O) groups excluding carboxylic acids is 1. The van der Waals surface area contributed by atoms with Crippen molar-refractivity contribution in [2.24, 2.45) is 0 Å². The van der Waals surface area contributed by atoms with Crippen molar-refractivity contribution in [3.8, 4) is 17.2 Å². The number of rotatable bonds is 6. The predicted molar refractivity (Wildman–Crippen MR) is 90.4 cm³/mol. The summed E-state index contributed by atoms with van der Waals surface area (Å²) < 4.78 is 26.7. The Labute approximate surface area is 146 Å². The molecule has 0 spiro atoms. The first-order valence-corrected chi connectivity index (χ1v) is 7.84. The molecular formula is C19H20O6. The van der Waals surface area contributed by atoms with Gasteiger partial charge in [-0.1, -0.05) is 18.2 Å². The van der Waals surface area contributed by atoms with Crippen LogP contribution in [0.15, 0.2) is 36.4 Å². The average Bonchev–Trinajstić information content (AvgIpc) is 2.65. The third-order valence-corrected chi connectivity index (χ3v) is 4.08. The van der Waals surface area contributed by atoms with Crippen molar-refractivity contribution in [1.82, 2.24) is 0 Å². The van der Waals surface area contributed by atoms with Crippen LogP contribution in [0.5, 0.6) is 17.2 Å². The van der Waals surface area contributed by atoms with Crippen LogP contribution in [0.2, 0.25) is 0 Å². The summed E-state index contributed by atoms with van der Waals surface area (Å²) in [7, 11) is 4.65. The fourth-order valence-electron chi connectivity index (χ4n) is 2.89. The minimum Gasteiger partial charge on any atom is -0.496 e. The highest BCUT2D eigenvalue weighted by Gasteiger charge is 2.30. The molecule has 0 unspecified atom stereocenters. The van der Waals surface area contributed by atoms with E-state index in [0.29, 0.717) is 29.2 Å². The van der Waals surface area contributed by atoms with Gasteiger partial charge in [0.15, 0.2) is 18.3 Å². The number of carbonyl (C=O) groups is 1. The molecule has 1 aliphatic rings. The molecule has 2 aromatic carbocycles. The van der Waals surface area contributed by atoms with Crippen LogP contribution < -0.4 is 14.2 Å². The molecule has 0 fully saturated rings. The molecule has 1 heterocycles. The zero-order valence-electron chi connectivity index (χ0n) is 14.4. The SMILES string of the molecule is COCOc1cc([C@H]2Cc3cccc(OC)c3C(=O)O2)ccc1OC. The summed E-state index contributed by atoms with van der Waals surface area (Å²) >= 11 is 0. The number of fused-ring (bicyclic) bond motifs is 1. The van der Waals surface area contributed by atoms with Crippen LogP contribution in [-0.2, 0) is 15.9 Å². The highest BCUT2D eigenvalue weighted by molar-refractivity contribution is 5.95. The Balaban J connectivity index is 1.91. The number of esters is 1. The zero-order valence-corrected chi connectivity index (χ0v) is 14.4. The molecule has 1 aliphatic heterocycles. The Kier molecular flexibility index (Phi) is 5.09. The molecule has 132 valence electrons. The molecule has 0 amide bonds. The molecule has 0 bridgehead atoms. The van der Waals surface area contributed by atoms with Gasteiger partial charge in [0.25, 0.3) is 0 Å². The summed E-state index contributed by atoms with van der Waals surface area (Å²) in [5, 5.41) is 0. The van der Waals surface area contributed by atoms with Crippen LogP contribution in [0, 0.1) is 0 Å². The van der Waals surface area contributed by atoms with E-state index in [1.165, 1.54) is 7.11 Å². The average molecular weight is 344 g/mol. The van der Waals surface area contributed by atoms with E-state index in [0.717, 1.165) is 11.1 Å². The molecule has 1 atom stereocenters. The van der Waals surface area contributed by atoms with Gasteiger partial charge in [0.1, 0.15) is 17.4 Å². The highest BCUT2D eigenvalue weighted by Crippen LogP contribution is 2.37. The summed E-state index contributed by atoms with van der Waals surface area (Å²) in [6.45, 7) is 0.101. The lowest BCUT2D eigenvalue weighted by atomic mass is 9.94. The summed E-state index contributed by atoms with van der Waals surface area (Å²) in [5.74, 6) is 1.26. The van der Waals surface area contributed by atoms with E-state index in [1.54, 1.807) is 32.4 Å². The number of benzene rings is 2. The Morgan fingerprint density at radius 2 is 1.84 bits per heavy atom. The lowest BCUT2D eigenvalue weighted by Gasteiger charge is -2.26. The minimum absolute atomic E-state index is 0.101. The largest absolute Gasteiger partial charge is 0.496 e. The maximum atomic E-state index is 12.5. The van der Waals surface area contributed by atoms with Crippen LogP contribution in [0.1, 0.15) is 27.6 Å². The van der Waals surface area contributed by atoms with Crippen molar-refractivity contribution in [2.75, 3.05) is 28.1 Å². The van der Waals surface area contributed by atoms with Crippen LogP contribution in [0.3, 0.4) is 0 Å². The first kappa shape index (κ1) is 17.1. The van der Waals surface area contributed by atoms with E-state index >= 15 is 0 Å². The molecule has 3 rings (SSSR count). The van der Waals surface area contributed by atoms with E-state index in [-0.39, 0.29) is 12.8 Å². The lowest BCUT2D eigenvalue weighted by Crippen LogP contribution is -2.22. The van der Waals surface area contributed by atoms with Crippen molar-refractivity contribution < 1.29 is 28.5 Å². The van der Waals surface area contributed by atoms with Crippen molar-refractivity contribution in [1.29, 1.82) is 0 Å². The zero-order chi connectivity index (χ0) is 17.8. The number of ether oxygens (including phenoxy) is 5. The minimum atomic E-state index is -0.400. The number of cyclic esters (lactones) is 1. The van der Waals surface area contributed by atoms with Gasteiger partial charge in [-0.15, -0.1) is 0 Å². The molecular weight excluding hydrogens is 324 g/mol. The van der Waals surface area contributed by atoms with E-state index in [9.17, 15) is 4.79 Å². The fourth-order valence-corrected chi connectivity index (χ4v) is 2.89. The van der Waals surface area contributed by atoms with Gasteiger partial charge >= 0.3 is 5.97 Å². The van der Waals surface area contributed by atoms with E-state index in [1.807, 2.05) is 18.2 Å². The molecule has 0 aromatic heterocycles. The van der Waals surface area contributed by atoms with Crippen LogP contribution >= 0.6 is 0 Å². The normalized spacial score (nSPS) is 16.0. The highest BCUT2D eigenvalue weighted by atomic mass is 16.7. The van der Waals surface area contributed by atoms with Crippen molar-refractivity contribution in [3.05, 3.63) is 53.1 Å². The van der Waals surface area contributed by atoms with E-state index < -0.39 is 6.10 Å². The molecule has 0 saturated carbocycles. The summed E-state index contributed by atoms with van der Waals surface area (Å²) in [6.07, 6.45) is 0.164. The Morgan fingerprint density at radius 3 is 2.56 bits per heavy atom. The van der Waals surface area contributed by atoms with Gasteiger partial charge in [0.05, 0.1) is 14.2 Å². The topological polar surface area (TPSA) is 63.2 Å². The van der Waals surface area contributed by atoms with Gasteiger partial charge in [0, 0.05) is 13.5 Å². The molecule has 0 aliphatic carbocycles. The van der Waals surface area contributed by atoms with Gasteiger partial charge in [-0.05, 0) is 29.3 Å². The van der Waals surface area contributed by atoms with Gasteiger partial charge < -0.3 is 23.7 Å². The Bertz CT molecular complexity index is 771. The van der Waals surface area contributed by atoms with Gasteiger partial charge in [0.2, 0.25) is 0 Å². The summed E-state index contributed by atoms with van der Waals surface area (Å²) in [6, 6.07) is 11.0. The maximum absolute atomic E-state index is 12.5. The monoisotopic (exact) mass is 344 g/mol. The summed E-state index contributed by atoms with van der Waals surface area (Å²) in [4.78, 5) is 12.5. The van der Waals surface area contributed by atoms with Gasteiger partial charge in [-0.3, -0.25) is 0 Å². The smallest absolute Gasteiger partial charge is 0.342 e. The van der Waals surface area contributed by atoms with Gasteiger partial charge in [-0.25, -0.2) is 4.79 Å². The second-order valence-electron chi connectivity index (χ2n) is 5.55. The van der Waals surface area contributed by atoms with E-state index in [4.69, 9.17) is 23.7 Å². The van der Waals surface area contributed by atoms with Crippen LogP contribution in [0.4, 0.5) is 0 Å². The molecule has 2 aromatic rings. The van der Waals surface area contributed by atoms with Crippen LogP contribution in [-0.4, -0.2) is 34.1 Å². The van der Waals surface area contributed by atoms with Crippen molar-refractivity contribution in [3.63, 3.8) is 0 Å². The fraction of sp³-hybridized carbons (Fsp3) is 0.316. The Morgan fingerprint density at radius 1 is 1.04 bits per heavy atom. The molecule has 0 saturated heterocycles. The molecule has 6 nitrogen and oxygen atoms in total. The number of methoxy groups -OCH3 is 3. The van der Waals surface area contributed by atoms with Gasteiger partial charge in [-0.2, -0.15) is 0 Å². The summed E-state index contributed by atoms with van der Waals surface area (Å²) in [5.41, 5.74) is 2.22. The second-order valence-corrected chi connectivity index (χ2v) is 5.55. The quantitative estimate of drug-likeness (QED) is 0.593. The Hall–Kier alpha value is -2.73. The molecule has 0 radical (unpaired) electrons.